The highest BCUT2D eigenvalue weighted by Gasteiger charge is 2.11. The van der Waals surface area contributed by atoms with Crippen LogP contribution in [0.4, 0.5) is 4.39 Å². The van der Waals surface area contributed by atoms with Crippen molar-refractivity contribution >= 4 is 27.5 Å². The Labute approximate surface area is 173 Å². The molecule has 0 saturated heterocycles. The van der Waals surface area contributed by atoms with Gasteiger partial charge in [0.2, 0.25) is 5.88 Å². The summed E-state index contributed by atoms with van der Waals surface area (Å²) in [6.45, 7) is 0.560. The summed E-state index contributed by atoms with van der Waals surface area (Å²) in [5, 5.41) is 15.3. The number of aromatic nitrogens is 4. The Morgan fingerprint density at radius 3 is 2.72 bits per heavy atom. The molecular formula is C20H15BrFN5O2. The molecule has 0 unspecified atom stereocenters. The SMILES string of the molecule is O=C(NCCOc1ccc2nnc(-c3ccc(F)cc3)n2n1)c1cccc(Br)c1. The van der Waals surface area contributed by atoms with Gasteiger partial charge in [-0.2, -0.15) is 4.52 Å². The monoisotopic (exact) mass is 455 g/mol. The molecule has 9 heteroatoms. The lowest BCUT2D eigenvalue weighted by Crippen LogP contribution is -2.28. The van der Waals surface area contributed by atoms with E-state index in [-0.39, 0.29) is 18.3 Å². The van der Waals surface area contributed by atoms with Crippen LogP contribution in [0.2, 0.25) is 0 Å². The topological polar surface area (TPSA) is 81.4 Å². The van der Waals surface area contributed by atoms with Gasteiger partial charge in [-0.1, -0.05) is 22.0 Å². The molecule has 0 aliphatic heterocycles. The third-order valence-corrected chi connectivity index (χ3v) is 4.56. The van der Waals surface area contributed by atoms with Crippen molar-refractivity contribution < 1.29 is 13.9 Å². The number of amides is 1. The zero-order valence-electron chi connectivity index (χ0n) is 15.0. The van der Waals surface area contributed by atoms with Crippen molar-refractivity contribution in [3.63, 3.8) is 0 Å². The van der Waals surface area contributed by atoms with E-state index in [2.05, 4.69) is 36.5 Å². The first-order valence-corrected chi connectivity index (χ1v) is 9.54. The molecule has 4 rings (SSSR count). The molecule has 0 fully saturated rings. The zero-order valence-corrected chi connectivity index (χ0v) is 16.6. The highest BCUT2D eigenvalue weighted by Crippen LogP contribution is 2.19. The molecule has 0 aliphatic carbocycles. The third-order valence-electron chi connectivity index (χ3n) is 4.07. The van der Waals surface area contributed by atoms with E-state index in [0.717, 1.165) is 4.47 Å². The van der Waals surface area contributed by atoms with Crippen molar-refractivity contribution in [3.05, 3.63) is 76.5 Å². The standard InChI is InChI=1S/C20H15BrFN5O2/c21-15-3-1-2-14(12-15)20(28)23-10-11-29-18-9-8-17-24-25-19(27(17)26-18)13-4-6-16(22)7-5-13/h1-9,12H,10-11H2,(H,23,28). The summed E-state index contributed by atoms with van der Waals surface area (Å²) in [5.41, 5.74) is 1.79. The Hall–Kier alpha value is -3.33. The first kappa shape index (κ1) is 19.0. The molecule has 29 heavy (non-hydrogen) atoms. The first-order valence-electron chi connectivity index (χ1n) is 8.75. The van der Waals surface area contributed by atoms with Gasteiger partial charge in [-0.3, -0.25) is 4.79 Å². The second kappa shape index (κ2) is 8.36. The molecule has 2 aromatic carbocycles. The predicted octanol–water partition coefficient (Wildman–Crippen LogP) is 3.50. The lowest BCUT2D eigenvalue weighted by Gasteiger charge is -2.08. The lowest BCUT2D eigenvalue weighted by atomic mass is 10.2. The third kappa shape index (κ3) is 4.40. The molecule has 2 aromatic heterocycles. The summed E-state index contributed by atoms with van der Waals surface area (Å²) >= 11 is 3.34. The number of carbonyl (C=O) groups excluding carboxylic acids is 1. The molecule has 146 valence electrons. The van der Waals surface area contributed by atoms with E-state index in [0.29, 0.717) is 35.0 Å². The van der Waals surface area contributed by atoms with E-state index >= 15 is 0 Å². The van der Waals surface area contributed by atoms with Gasteiger partial charge in [0.15, 0.2) is 11.5 Å². The van der Waals surface area contributed by atoms with E-state index < -0.39 is 0 Å². The van der Waals surface area contributed by atoms with Gasteiger partial charge >= 0.3 is 0 Å². The van der Waals surface area contributed by atoms with Crippen LogP contribution in [0.1, 0.15) is 10.4 Å². The van der Waals surface area contributed by atoms with Crippen LogP contribution in [0.15, 0.2) is 65.1 Å². The normalized spacial score (nSPS) is 10.8. The molecule has 4 aromatic rings. The average Bonchev–Trinajstić information content (AvgIpc) is 3.15. The quantitative estimate of drug-likeness (QED) is 0.450. The van der Waals surface area contributed by atoms with Crippen LogP contribution < -0.4 is 10.1 Å². The minimum atomic E-state index is -0.329. The number of nitrogens with zero attached hydrogens (tertiary/aromatic N) is 4. The number of fused-ring (bicyclic) bond motifs is 1. The van der Waals surface area contributed by atoms with Gasteiger partial charge in [-0.15, -0.1) is 15.3 Å². The molecule has 2 heterocycles. The fraction of sp³-hybridized carbons (Fsp3) is 0.100. The van der Waals surface area contributed by atoms with Crippen LogP contribution in [0.5, 0.6) is 5.88 Å². The highest BCUT2D eigenvalue weighted by atomic mass is 79.9. The molecular weight excluding hydrogens is 441 g/mol. The van der Waals surface area contributed by atoms with Crippen LogP contribution in [-0.2, 0) is 0 Å². The Kier molecular flexibility index (Phi) is 5.48. The van der Waals surface area contributed by atoms with Crippen molar-refractivity contribution in [2.24, 2.45) is 0 Å². The fourth-order valence-corrected chi connectivity index (χ4v) is 3.08. The fourth-order valence-electron chi connectivity index (χ4n) is 2.68. The second-order valence-electron chi connectivity index (χ2n) is 6.09. The summed E-state index contributed by atoms with van der Waals surface area (Å²) < 4.78 is 21.2. The van der Waals surface area contributed by atoms with Gasteiger partial charge < -0.3 is 10.1 Å². The van der Waals surface area contributed by atoms with Crippen molar-refractivity contribution in [1.29, 1.82) is 0 Å². The Balaban J connectivity index is 1.40. The minimum Gasteiger partial charge on any atom is -0.475 e. The number of benzene rings is 2. The summed E-state index contributed by atoms with van der Waals surface area (Å²) in [6, 6.07) is 16.5. The van der Waals surface area contributed by atoms with Crippen molar-refractivity contribution in [3.8, 4) is 17.3 Å². The molecule has 0 aliphatic rings. The Bertz CT molecular complexity index is 1160. The Morgan fingerprint density at radius 2 is 1.93 bits per heavy atom. The van der Waals surface area contributed by atoms with Crippen LogP contribution in [0.3, 0.4) is 0 Å². The van der Waals surface area contributed by atoms with E-state index in [1.54, 1.807) is 42.5 Å². The van der Waals surface area contributed by atoms with Gasteiger partial charge in [-0.05, 0) is 48.5 Å². The number of ether oxygens (including phenoxy) is 1. The molecule has 0 atom stereocenters. The zero-order chi connectivity index (χ0) is 20.2. The number of rotatable bonds is 6. The van der Waals surface area contributed by atoms with Gasteiger partial charge in [-0.25, -0.2) is 4.39 Å². The molecule has 0 saturated carbocycles. The highest BCUT2D eigenvalue weighted by molar-refractivity contribution is 9.10. The largest absolute Gasteiger partial charge is 0.475 e. The van der Waals surface area contributed by atoms with E-state index in [9.17, 15) is 9.18 Å². The molecule has 7 nitrogen and oxygen atoms in total. The van der Waals surface area contributed by atoms with E-state index in [1.165, 1.54) is 16.6 Å². The van der Waals surface area contributed by atoms with E-state index in [4.69, 9.17) is 4.74 Å². The van der Waals surface area contributed by atoms with Crippen molar-refractivity contribution in [1.82, 2.24) is 25.1 Å². The van der Waals surface area contributed by atoms with Crippen LogP contribution in [-0.4, -0.2) is 38.9 Å². The maximum atomic E-state index is 13.2. The van der Waals surface area contributed by atoms with Gasteiger partial charge in [0.05, 0.1) is 6.54 Å². The summed E-state index contributed by atoms with van der Waals surface area (Å²) in [7, 11) is 0. The van der Waals surface area contributed by atoms with Gasteiger partial charge in [0.25, 0.3) is 5.91 Å². The number of nitrogens with one attached hydrogen (secondary N) is 1. The predicted molar refractivity (Wildman–Crippen MR) is 108 cm³/mol. The number of halogens is 2. The van der Waals surface area contributed by atoms with Crippen molar-refractivity contribution in [2.75, 3.05) is 13.2 Å². The Morgan fingerprint density at radius 1 is 1.10 bits per heavy atom. The number of carbonyl (C=O) groups is 1. The van der Waals surface area contributed by atoms with Crippen LogP contribution >= 0.6 is 15.9 Å². The van der Waals surface area contributed by atoms with Crippen LogP contribution in [0.25, 0.3) is 17.0 Å². The molecule has 0 spiro atoms. The maximum absolute atomic E-state index is 13.2. The number of hydrogen-bond donors (Lipinski definition) is 1. The molecule has 0 bridgehead atoms. The molecule has 1 amide bonds. The first-order chi connectivity index (χ1) is 14.1. The summed E-state index contributed by atoms with van der Waals surface area (Å²) in [6.07, 6.45) is 0. The summed E-state index contributed by atoms with van der Waals surface area (Å²) in [5.74, 6) is 0.325. The van der Waals surface area contributed by atoms with E-state index in [1.807, 2.05) is 6.07 Å². The molecule has 0 radical (unpaired) electrons. The lowest BCUT2D eigenvalue weighted by molar-refractivity contribution is 0.0946. The minimum absolute atomic E-state index is 0.185. The molecule has 1 N–H and O–H groups in total. The average molecular weight is 456 g/mol. The van der Waals surface area contributed by atoms with Crippen LogP contribution in [0, 0.1) is 5.82 Å². The van der Waals surface area contributed by atoms with Gasteiger partial charge in [0, 0.05) is 21.7 Å². The number of hydrogen-bond acceptors (Lipinski definition) is 5. The second-order valence-corrected chi connectivity index (χ2v) is 7.00. The summed E-state index contributed by atoms with van der Waals surface area (Å²) in [4.78, 5) is 12.1. The maximum Gasteiger partial charge on any atom is 0.251 e. The van der Waals surface area contributed by atoms with Crippen molar-refractivity contribution in [2.45, 2.75) is 0 Å². The smallest absolute Gasteiger partial charge is 0.251 e. The van der Waals surface area contributed by atoms with Gasteiger partial charge in [0.1, 0.15) is 12.4 Å².